The molecule has 2 heterocycles. The molecule has 2 amide bonds. The fourth-order valence-corrected chi connectivity index (χ4v) is 5.67. The molecule has 2 aliphatic rings. The van der Waals surface area contributed by atoms with Crippen LogP contribution in [0.2, 0.25) is 0 Å². The molecule has 1 N–H and O–H groups in total. The molecule has 7 nitrogen and oxygen atoms in total. The monoisotopic (exact) mass is 425 g/mol. The Kier molecular flexibility index (Phi) is 6.58. The van der Waals surface area contributed by atoms with Gasteiger partial charge in [0.1, 0.15) is 11.9 Å². The number of carbonyl (C=O) groups excluding carboxylic acids is 2. The van der Waals surface area contributed by atoms with Crippen LogP contribution in [-0.4, -0.2) is 79.8 Å². The highest BCUT2D eigenvalue weighted by Gasteiger charge is 2.36. The molecular formula is C20H28FN3O4S. The quantitative estimate of drug-likeness (QED) is 0.758. The molecule has 2 aliphatic heterocycles. The lowest BCUT2D eigenvalue weighted by molar-refractivity contribution is -0.136. The van der Waals surface area contributed by atoms with Crippen LogP contribution in [-0.2, 0) is 14.6 Å². The van der Waals surface area contributed by atoms with Gasteiger partial charge in [-0.05, 0) is 36.6 Å². The molecule has 0 unspecified atom stereocenters. The number of rotatable bonds is 5. The predicted octanol–water partition coefficient (Wildman–Crippen LogP) is 0.911. The van der Waals surface area contributed by atoms with Crippen molar-refractivity contribution in [1.29, 1.82) is 0 Å². The van der Waals surface area contributed by atoms with E-state index in [2.05, 4.69) is 10.2 Å². The summed E-state index contributed by atoms with van der Waals surface area (Å²) in [4.78, 5) is 29.4. The molecule has 29 heavy (non-hydrogen) atoms. The van der Waals surface area contributed by atoms with Crippen molar-refractivity contribution in [2.24, 2.45) is 5.92 Å². The van der Waals surface area contributed by atoms with Crippen LogP contribution in [0, 0.1) is 11.7 Å². The zero-order valence-electron chi connectivity index (χ0n) is 16.8. The van der Waals surface area contributed by atoms with E-state index in [1.165, 1.54) is 24.3 Å². The van der Waals surface area contributed by atoms with Crippen molar-refractivity contribution in [1.82, 2.24) is 15.1 Å². The average Bonchev–Trinajstić information content (AvgIpc) is 3.05. The van der Waals surface area contributed by atoms with Gasteiger partial charge in [-0.25, -0.2) is 12.8 Å². The summed E-state index contributed by atoms with van der Waals surface area (Å²) in [5, 5.41) is 2.78. The van der Waals surface area contributed by atoms with Gasteiger partial charge in [0.25, 0.3) is 5.91 Å². The Morgan fingerprint density at radius 3 is 2.24 bits per heavy atom. The van der Waals surface area contributed by atoms with E-state index < -0.39 is 27.6 Å². The van der Waals surface area contributed by atoms with Gasteiger partial charge < -0.3 is 10.2 Å². The molecule has 1 aromatic carbocycles. The highest BCUT2D eigenvalue weighted by molar-refractivity contribution is 7.91. The number of hydrogen-bond donors (Lipinski definition) is 1. The number of piperazine rings is 1. The van der Waals surface area contributed by atoms with Gasteiger partial charge in [-0.15, -0.1) is 0 Å². The van der Waals surface area contributed by atoms with E-state index in [-0.39, 0.29) is 29.4 Å². The number of nitrogens with zero attached hydrogens (tertiary/aromatic N) is 2. The molecular weight excluding hydrogens is 397 g/mol. The predicted molar refractivity (Wildman–Crippen MR) is 108 cm³/mol. The zero-order valence-corrected chi connectivity index (χ0v) is 17.6. The number of sulfone groups is 1. The lowest BCUT2D eigenvalue weighted by Crippen LogP contribution is -2.57. The SMILES string of the molecule is CC(C)[C@H](NC(=O)c1ccc(F)cc1)C(=O)N1CCN([C@H]2CCS(=O)(=O)C2)CC1. The Balaban J connectivity index is 1.58. The van der Waals surface area contributed by atoms with Crippen LogP contribution >= 0.6 is 0 Å². The van der Waals surface area contributed by atoms with Gasteiger partial charge in [-0.1, -0.05) is 13.8 Å². The maximum atomic E-state index is 13.1. The third-order valence-electron chi connectivity index (χ3n) is 5.68. The van der Waals surface area contributed by atoms with E-state index in [4.69, 9.17) is 0 Å². The number of nitrogens with one attached hydrogen (secondary N) is 1. The lowest BCUT2D eigenvalue weighted by Gasteiger charge is -2.39. The molecule has 9 heteroatoms. The number of halogens is 1. The molecule has 2 fully saturated rings. The van der Waals surface area contributed by atoms with E-state index in [9.17, 15) is 22.4 Å². The van der Waals surface area contributed by atoms with Crippen molar-refractivity contribution < 1.29 is 22.4 Å². The van der Waals surface area contributed by atoms with Crippen LogP contribution in [0.1, 0.15) is 30.6 Å². The van der Waals surface area contributed by atoms with Crippen LogP contribution in [0.25, 0.3) is 0 Å². The van der Waals surface area contributed by atoms with Crippen molar-refractivity contribution >= 4 is 21.7 Å². The van der Waals surface area contributed by atoms with Crippen LogP contribution in [0.3, 0.4) is 0 Å². The first kappa shape index (κ1) is 21.7. The third kappa shape index (κ3) is 5.33. The molecule has 0 aromatic heterocycles. The molecule has 0 saturated carbocycles. The van der Waals surface area contributed by atoms with Gasteiger partial charge in [0.15, 0.2) is 9.84 Å². The van der Waals surface area contributed by atoms with Crippen molar-refractivity contribution in [3.63, 3.8) is 0 Å². The minimum atomic E-state index is -2.94. The smallest absolute Gasteiger partial charge is 0.251 e. The largest absolute Gasteiger partial charge is 0.340 e. The first-order valence-corrected chi connectivity index (χ1v) is 11.8. The Labute approximate surface area is 171 Å². The third-order valence-corrected chi connectivity index (χ3v) is 7.43. The minimum Gasteiger partial charge on any atom is -0.340 e. The zero-order chi connectivity index (χ0) is 21.2. The molecule has 0 spiro atoms. The molecule has 3 rings (SSSR count). The fourth-order valence-electron chi connectivity index (χ4n) is 3.91. The summed E-state index contributed by atoms with van der Waals surface area (Å²) in [6, 6.07) is 4.57. The summed E-state index contributed by atoms with van der Waals surface area (Å²) in [5.41, 5.74) is 0.303. The molecule has 0 radical (unpaired) electrons. The number of hydrogen-bond acceptors (Lipinski definition) is 5. The van der Waals surface area contributed by atoms with Crippen molar-refractivity contribution in [2.75, 3.05) is 37.7 Å². The second kappa shape index (κ2) is 8.79. The van der Waals surface area contributed by atoms with Crippen LogP contribution in [0.4, 0.5) is 4.39 Å². The van der Waals surface area contributed by atoms with Crippen LogP contribution in [0.15, 0.2) is 24.3 Å². The number of carbonyl (C=O) groups is 2. The van der Waals surface area contributed by atoms with Crippen LogP contribution < -0.4 is 5.32 Å². The van der Waals surface area contributed by atoms with Gasteiger partial charge in [0, 0.05) is 37.8 Å². The summed E-state index contributed by atoms with van der Waals surface area (Å²) < 4.78 is 36.5. The van der Waals surface area contributed by atoms with E-state index in [0.29, 0.717) is 38.2 Å². The second-order valence-corrected chi connectivity index (χ2v) is 10.3. The maximum Gasteiger partial charge on any atom is 0.251 e. The molecule has 2 saturated heterocycles. The van der Waals surface area contributed by atoms with E-state index in [0.717, 1.165) is 0 Å². The topological polar surface area (TPSA) is 86.8 Å². The van der Waals surface area contributed by atoms with Gasteiger partial charge in [0.2, 0.25) is 5.91 Å². The number of benzene rings is 1. The lowest BCUT2D eigenvalue weighted by atomic mass is 10.0. The minimum absolute atomic E-state index is 0.0383. The molecule has 0 bridgehead atoms. The first-order valence-electron chi connectivity index (χ1n) is 9.96. The Bertz CT molecular complexity index is 849. The van der Waals surface area contributed by atoms with Crippen LogP contribution in [0.5, 0.6) is 0 Å². The maximum absolute atomic E-state index is 13.1. The van der Waals surface area contributed by atoms with Crippen molar-refractivity contribution in [3.8, 4) is 0 Å². The van der Waals surface area contributed by atoms with Crippen molar-refractivity contribution in [2.45, 2.75) is 32.4 Å². The van der Waals surface area contributed by atoms with Gasteiger partial charge >= 0.3 is 0 Å². The standard InChI is InChI=1S/C20H28FN3O4S/c1-14(2)18(22-19(25)15-3-5-16(21)6-4-15)20(26)24-10-8-23(9-11-24)17-7-12-29(27,28)13-17/h3-6,14,17-18H,7-13H2,1-2H3,(H,22,25)/t17-,18-/m0/s1. The fraction of sp³-hybridized carbons (Fsp3) is 0.600. The molecule has 160 valence electrons. The summed E-state index contributed by atoms with van der Waals surface area (Å²) >= 11 is 0. The molecule has 2 atom stereocenters. The van der Waals surface area contributed by atoms with Crippen molar-refractivity contribution in [3.05, 3.63) is 35.6 Å². The highest BCUT2D eigenvalue weighted by Crippen LogP contribution is 2.20. The first-order chi connectivity index (χ1) is 13.7. The summed E-state index contributed by atoms with van der Waals surface area (Å²) in [6.07, 6.45) is 0.651. The van der Waals surface area contributed by atoms with E-state index in [1.807, 2.05) is 13.8 Å². The second-order valence-electron chi connectivity index (χ2n) is 8.12. The van der Waals surface area contributed by atoms with Gasteiger partial charge in [-0.2, -0.15) is 0 Å². The summed E-state index contributed by atoms with van der Waals surface area (Å²) in [7, 11) is -2.94. The Morgan fingerprint density at radius 1 is 1.10 bits per heavy atom. The Hall–Kier alpha value is -2.00. The van der Waals surface area contributed by atoms with Gasteiger partial charge in [0.05, 0.1) is 11.5 Å². The van der Waals surface area contributed by atoms with E-state index >= 15 is 0 Å². The van der Waals surface area contributed by atoms with Gasteiger partial charge in [-0.3, -0.25) is 14.5 Å². The molecule has 0 aliphatic carbocycles. The summed E-state index contributed by atoms with van der Waals surface area (Å²) in [6.45, 7) is 6.00. The summed E-state index contributed by atoms with van der Waals surface area (Å²) in [5.74, 6) is -0.651. The molecule has 1 aromatic rings. The Morgan fingerprint density at radius 2 is 1.72 bits per heavy atom. The number of amides is 2. The highest BCUT2D eigenvalue weighted by atomic mass is 32.2. The average molecular weight is 426 g/mol. The normalized spacial score (nSPS) is 23.2. The van der Waals surface area contributed by atoms with E-state index in [1.54, 1.807) is 4.90 Å².